The molecule has 1 N–H and O–H groups in total. The summed E-state index contributed by atoms with van der Waals surface area (Å²) < 4.78 is 0. The van der Waals surface area contributed by atoms with E-state index in [1.54, 1.807) is 24.8 Å². The molecule has 108 valence electrons. The number of carbonyl (C=O) groups is 2. The Balaban J connectivity index is 2.42. The van der Waals surface area contributed by atoms with Crippen LogP contribution in [0.5, 0.6) is 0 Å². The summed E-state index contributed by atoms with van der Waals surface area (Å²) in [5.41, 5.74) is 1.86. The summed E-state index contributed by atoms with van der Waals surface area (Å²) in [6.45, 7) is 4.93. The van der Waals surface area contributed by atoms with Crippen molar-refractivity contribution < 1.29 is 14.7 Å². The number of carboxylic acid groups (broad SMARTS) is 1. The van der Waals surface area contributed by atoms with Gasteiger partial charge in [0.2, 0.25) is 0 Å². The van der Waals surface area contributed by atoms with E-state index >= 15 is 0 Å². The quantitative estimate of drug-likeness (QED) is 0.910. The Bertz CT molecular complexity index is 534. The SMILES string of the molecule is Cc1ccc(C)c(C(=O)N2CCCSCC2)c1C(=O)O. The van der Waals surface area contributed by atoms with Crippen molar-refractivity contribution in [3.05, 3.63) is 34.4 Å². The smallest absolute Gasteiger partial charge is 0.336 e. The normalized spacial score (nSPS) is 15.8. The predicted molar refractivity (Wildman–Crippen MR) is 80.7 cm³/mol. The Morgan fingerprint density at radius 2 is 1.75 bits per heavy atom. The molecule has 1 fully saturated rings. The molecule has 0 unspecified atom stereocenters. The van der Waals surface area contributed by atoms with Crippen LogP contribution in [0.25, 0.3) is 0 Å². The Morgan fingerprint density at radius 3 is 2.40 bits per heavy atom. The molecule has 20 heavy (non-hydrogen) atoms. The van der Waals surface area contributed by atoms with Crippen LogP contribution in [0.2, 0.25) is 0 Å². The van der Waals surface area contributed by atoms with Gasteiger partial charge in [-0.05, 0) is 37.1 Å². The van der Waals surface area contributed by atoms with Crippen molar-refractivity contribution in [1.29, 1.82) is 0 Å². The lowest BCUT2D eigenvalue weighted by atomic mass is 9.96. The second-order valence-electron chi connectivity index (χ2n) is 5.01. The largest absolute Gasteiger partial charge is 0.478 e. The van der Waals surface area contributed by atoms with Crippen LogP contribution in [0.4, 0.5) is 0 Å². The Hall–Kier alpha value is -1.49. The molecule has 4 nitrogen and oxygen atoms in total. The second kappa shape index (κ2) is 6.31. The molecule has 2 rings (SSSR count). The zero-order valence-corrected chi connectivity index (χ0v) is 12.6. The van der Waals surface area contributed by atoms with Gasteiger partial charge in [-0.2, -0.15) is 11.8 Å². The summed E-state index contributed by atoms with van der Waals surface area (Å²) in [5.74, 6) is 0.798. The molecule has 0 spiro atoms. The minimum atomic E-state index is -1.03. The summed E-state index contributed by atoms with van der Waals surface area (Å²) in [7, 11) is 0. The van der Waals surface area contributed by atoms with E-state index in [1.807, 2.05) is 17.8 Å². The minimum Gasteiger partial charge on any atom is -0.478 e. The van der Waals surface area contributed by atoms with Crippen LogP contribution in [0, 0.1) is 13.8 Å². The minimum absolute atomic E-state index is 0.145. The fourth-order valence-corrected chi connectivity index (χ4v) is 3.36. The number of benzene rings is 1. The molecule has 0 atom stereocenters. The molecule has 1 aromatic rings. The molecule has 1 heterocycles. The summed E-state index contributed by atoms with van der Waals surface area (Å²) >= 11 is 1.84. The molecule has 0 radical (unpaired) electrons. The Kier molecular flexibility index (Phi) is 4.70. The van der Waals surface area contributed by atoms with Crippen LogP contribution in [-0.4, -0.2) is 46.5 Å². The second-order valence-corrected chi connectivity index (χ2v) is 6.24. The van der Waals surface area contributed by atoms with Gasteiger partial charge in [0, 0.05) is 18.8 Å². The third-order valence-electron chi connectivity index (χ3n) is 3.56. The average molecular weight is 293 g/mol. The molecule has 5 heteroatoms. The Morgan fingerprint density at radius 1 is 1.10 bits per heavy atom. The number of hydrogen-bond acceptors (Lipinski definition) is 3. The molecule has 0 aromatic heterocycles. The highest BCUT2D eigenvalue weighted by atomic mass is 32.2. The summed E-state index contributed by atoms with van der Waals surface area (Å²) in [4.78, 5) is 26.0. The predicted octanol–water partition coefficient (Wildman–Crippen LogP) is 2.58. The molecular weight excluding hydrogens is 274 g/mol. The van der Waals surface area contributed by atoms with Gasteiger partial charge in [0.1, 0.15) is 0 Å². The highest BCUT2D eigenvalue weighted by molar-refractivity contribution is 7.99. The monoisotopic (exact) mass is 293 g/mol. The van der Waals surface area contributed by atoms with Crippen LogP contribution < -0.4 is 0 Å². The van der Waals surface area contributed by atoms with Gasteiger partial charge < -0.3 is 10.0 Å². The number of rotatable bonds is 2. The Labute approximate surface area is 123 Å². The van der Waals surface area contributed by atoms with Crippen LogP contribution in [-0.2, 0) is 0 Å². The molecule has 1 amide bonds. The van der Waals surface area contributed by atoms with Crippen molar-refractivity contribution in [2.45, 2.75) is 20.3 Å². The van der Waals surface area contributed by atoms with E-state index < -0.39 is 5.97 Å². The van der Waals surface area contributed by atoms with Crippen molar-refractivity contribution >= 4 is 23.6 Å². The van der Waals surface area contributed by atoms with Crippen molar-refractivity contribution in [3.63, 3.8) is 0 Å². The lowest BCUT2D eigenvalue weighted by Gasteiger charge is -2.22. The van der Waals surface area contributed by atoms with Gasteiger partial charge >= 0.3 is 5.97 Å². The van der Waals surface area contributed by atoms with Crippen molar-refractivity contribution in [3.8, 4) is 0 Å². The first-order valence-corrected chi connectivity index (χ1v) is 7.88. The van der Waals surface area contributed by atoms with E-state index in [2.05, 4.69) is 0 Å². The lowest BCUT2D eigenvalue weighted by Crippen LogP contribution is -2.34. The van der Waals surface area contributed by atoms with Gasteiger partial charge in [-0.1, -0.05) is 12.1 Å². The molecule has 0 bridgehead atoms. The molecular formula is C15H19NO3S. The van der Waals surface area contributed by atoms with E-state index in [4.69, 9.17) is 0 Å². The zero-order chi connectivity index (χ0) is 14.7. The number of hydrogen-bond donors (Lipinski definition) is 1. The number of amides is 1. The topological polar surface area (TPSA) is 57.6 Å². The van der Waals surface area contributed by atoms with Gasteiger partial charge in [-0.25, -0.2) is 4.79 Å². The number of carboxylic acids is 1. The highest BCUT2D eigenvalue weighted by Gasteiger charge is 2.25. The van der Waals surface area contributed by atoms with Crippen molar-refractivity contribution in [2.75, 3.05) is 24.6 Å². The maximum atomic E-state index is 12.7. The molecule has 1 aromatic carbocycles. The lowest BCUT2D eigenvalue weighted by molar-refractivity contribution is 0.0676. The maximum absolute atomic E-state index is 12.7. The summed E-state index contributed by atoms with van der Waals surface area (Å²) in [6, 6.07) is 3.58. The number of nitrogens with zero attached hydrogens (tertiary/aromatic N) is 1. The van der Waals surface area contributed by atoms with Gasteiger partial charge in [0.15, 0.2) is 0 Å². The first kappa shape index (κ1) is 14.9. The average Bonchev–Trinajstić information content (AvgIpc) is 2.68. The van der Waals surface area contributed by atoms with Crippen molar-refractivity contribution in [1.82, 2.24) is 4.90 Å². The third-order valence-corrected chi connectivity index (χ3v) is 4.61. The molecule has 1 aliphatic heterocycles. The van der Waals surface area contributed by atoms with E-state index in [-0.39, 0.29) is 11.5 Å². The number of carbonyl (C=O) groups excluding carboxylic acids is 1. The van der Waals surface area contributed by atoms with Crippen LogP contribution >= 0.6 is 11.8 Å². The fourth-order valence-electron chi connectivity index (χ4n) is 2.47. The first-order valence-electron chi connectivity index (χ1n) is 6.73. The number of aryl methyl sites for hydroxylation is 2. The highest BCUT2D eigenvalue weighted by Crippen LogP contribution is 2.22. The fraction of sp³-hybridized carbons (Fsp3) is 0.467. The molecule has 1 aliphatic rings. The van der Waals surface area contributed by atoms with Crippen molar-refractivity contribution in [2.24, 2.45) is 0 Å². The number of thioether (sulfide) groups is 1. The van der Waals surface area contributed by atoms with Crippen LogP contribution in [0.3, 0.4) is 0 Å². The van der Waals surface area contributed by atoms with Crippen LogP contribution in [0.1, 0.15) is 38.3 Å². The molecule has 0 aliphatic carbocycles. The third kappa shape index (κ3) is 2.98. The summed E-state index contributed by atoms with van der Waals surface area (Å²) in [5, 5.41) is 9.40. The van der Waals surface area contributed by atoms with Gasteiger partial charge in [0.25, 0.3) is 5.91 Å². The van der Waals surface area contributed by atoms with Gasteiger partial charge in [-0.15, -0.1) is 0 Å². The van der Waals surface area contributed by atoms with E-state index in [0.29, 0.717) is 24.2 Å². The van der Waals surface area contributed by atoms with E-state index in [0.717, 1.165) is 23.5 Å². The van der Waals surface area contributed by atoms with E-state index in [1.165, 1.54) is 0 Å². The number of aromatic carboxylic acids is 1. The first-order chi connectivity index (χ1) is 9.52. The van der Waals surface area contributed by atoms with Gasteiger partial charge in [-0.3, -0.25) is 4.79 Å². The standard InChI is InChI=1S/C15H19NO3S/c1-10-4-5-11(2)13(15(18)19)12(10)14(17)16-6-3-8-20-9-7-16/h4-5H,3,6-9H2,1-2H3,(H,18,19). The maximum Gasteiger partial charge on any atom is 0.336 e. The van der Waals surface area contributed by atoms with E-state index in [9.17, 15) is 14.7 Å². The molecule has 0 saturated carbocycles. The zero-order valence-electron chi connectivity index (χ0n) is 11.8. The molecule has 1 saturated heterocycles. The van der Waals surface area contributed by atoms with Crippen LogP contribution in [0.15, 0.2) is 12.1 Å². The summed E-state index contributed by atoms with van der Waals surface area (Å²) in [6.07, 6.45) is 0.962. The van der Waals surface area contributed by atoms with Gasteiger partial charge in [0.05, 0.1) is 11.1 Å².